The van der Waals surface area contributed by atoms with E-state index in [9.17, 15) is 9.90 Å². The smallest absolute Gasteiger partial charge is 0.337 e. The van der Waals surface area contributed by atoms with Crippen LogP contribution in [-0.2, 0) is 11.3 Å². The molecule has 0 radical (unpaired) electrons. The van der Waals surface area contributed by atoms with Crippen LogP contribution in [0.4, 0.5) is 0 Å². The summed E-state index contributed by atoms with van der Waals surface area (Å²) >= 11 is 3.51. The van der Waals surface area contributed by atoms with E-state index >= 15 is 0 Å². The van der Waals surface area contributed by atoms with Crippen molar-refractivity contribution in [1.82, 2.24) is 4.90 Å². The van der Waals surface area contributed by atoms with Crippen molar-refractivity contribution in [2.24, 2.45) is 5.92 Å². The SMILES string of the molecule is COC(=O)c1ccc(CN2CCC(O)C(C)C2)c(Br)c1. The van der Waals surface area contributed by atoms with Crippen LogP contribution in [-0.4, -0.2) is 42.3 Å². The second-order valence-electron chi connectivity index (χ2n) is 5.37. The Morgan fingerprint density at radius 3 is 2.90 bits per heavy atom. The van der Waals surface area contributed by atoms with Gasteiger partial charge in [-0.25, -0.2) is 4.79 Å². The number of likely N-dealkylation sites (tertiary alicyclic amines) is 1. The van der Waals surface area contributed by atoms with Crippen LogP contribution < -0.4 is 0 Å². The Hall–Kier alpha value is -0.910. The topological polar surface area (TPSA) is 49.8 Å². The Balaban J connectivity index is 2.05. The maximum atomic E-state index is 11.5. The first kappa shape index (κ1) is 15.5. The van der Waals surface area contributed by atoms with Crippen LogP contribution in [0.25, 0.3) is 0 Å². The van der Waals surface area contributed by atoms with Crippen molar-refractivity contribution in [3.63, 3.8) is 0 Å². The first-order valence-corrected chi connectivity index (χ1v) is 7.57. The summed E-state index contributed by atoms with van der Waals surface area (Å²) in [6, 6.07) is 5.53. The maximum Gasteiger partial charge on any atom is 0.337 e. The lowest BCUT2D eigenvalue weighted by Gasteiger charge is -2.34. The van der Waals surface area contributed by atoms with Crippen LogP contribution in [0.15, 0.2) is 22.7 Å². The minimum Gasteiger partial charge on any atom is -0.465 e. The molecule has 2 rings (SSSR count). The number of carbonyl (C=O) groups excluding carboxylic acids is 1. The molecule has 1 fully saturated rings. The largest absolute Gasteiger partial charge is 0.465 e. The zero-order valence-corrected chi connectivity index (χ0v) is 13.4. The van der Waals surface area contributed by atoms with E-state index in [0.29, 0.717) is 11.5 Å². The van der Waals surface area contributed by atoms with E-state index in [2.05, 4.69) is 27.8 Å². The molecule has 1 heterocycles. The van der Waals surface area contributed by atoms with E-state index in [0.717, 1.165) is 36.1 Å². The summed E-state index contributed by atoms with van der Waals surface area (Å²) in [5.74, 6) is -0.0242. The summed E-state index contributed by atoms with van der Waals surface area (Å²) in [6.07, 6.45) is 0.635. The molecule has 1 N–H and O–H groups in total. The molecule has 5 heteroatoms. The lowest BCUT2D eigenvalue weighted by atomic mass is 9.96. The minimum atomic E-state index is -0.327. The number of benzene rings is 1. The van der Waals surface area contributed by atoms with Gasteiger partial charge in [-0.1, -0.05) is 28.9 Å². The maximum absolute atomic E-state index is 11.5. The Bertz CT molecular complexity index is 492. The molecular formula is C15H20BrNO3. The molecule has 1 aliphatic heterocycles. The van der Waals surface area contributed by atoms with Gasteiger partial charge in [0, 0.05) is 24.1 Å². The van der Waals surface area contributed by atoms with Crippen molar-refractivity contribution in [3.05, 3.63) is 33.8 Å². The van der Waals surface area contributed by atoms with Crippen molar-refractivity contribution < 1.29 is 14.6 Å². The highest BCUT2D eigenvalue weighted by Crippen LogP contribution is 2.24. The van der Waals surface area contributed by atoms with Gasteiger partial charge in [0.2, 0.25) is 0 Å². The molecule has 0 aliphatic carbocycles. The van der Waals surface area contributed by atoms with Crippen LogP contribution in [0.3, 0.4) is 0 Å². The Kier molecular flexibility index (Phi) is 5.18. The van der Waals surface area contributed by atoms with E-state index in [1.807, 2.05) is 6.07 Å². The van der Waals surface area contributed by atoms with Gasteiger partial charge in [0.25, 0.3) is 0 Å². The molecule has 0 aromatic heterocycles. The molecule has 1 saturated heterocycles. The molecule has 1 aromatic carbocycles. The third-order valence-corrected chi connectivity index (χ3v) is 4.55. The highest BCUT2D eigenvalue weighted by atomic mass is 79.9. The number of nitrogens with zero attached hydrogens (tertiary/aromatic N) is 1. The predicted octanol–water partition coefficient (Wildman–Crippen LogP) is 2.44. The van der Waals surface area contributed by atoms with Gasteiger partial charge in [-0.05, 0) is 30.0 Å². The number of halogens is 1. The number of aliphatic hydroxyl groups excluding tert-OH is 1. The number of rotatable bonds is 3. The average molecular weight is 342 g/mol. The number of carbonyl (C=O) groups is 1. The van der Waals surface area contributed by atoms with Gasteiger partial charge in [-0.2, -0.15) is 0 Å². The van der Waals surface area contributed by atoms with Gasteiger partial charge in [0.15, 0.2) is 0 Å². The predicted molar refractivity (Wildman–Crippen MR) is 80.5 cm³/mol. The van der Waals surface area contributed by atoms with Gasteiger partial charge in [0.05, 0.1) is 18.8 Å². The van der Waals surface area contributed by atoms with Crippen molar-refractivity contribution in [2.45, 2.75) is 26.0 Å². The fraction of sp³-hybridized carbons (Fsp3) is 0.533. The molecule has 1 aromatic rings. The van der Waals surface area contributed by atoms with Crippen LogP contribution in [0.1, 0.15) is 29.3 Å². The number of hydrogen-bond donors (Lipinski definition) is 1. The Labute approximate surface area is 127 Å². The fourth-order valence-electron chi connectivity index (χ4n) is 2.52. The third kappa shape index (κ3) is 3.59. The zero-order chi connectivity index (χ0) is 14.7. The first-order chi connectivity index (χ1) is 9.51. The monoisotopic (exact) mass is 341 g/mol. The number of piperidine rings is 1. The van der Waals surface area contributed by atoms with Crippen molar-refractivity contribution in [3.8, 4) is 0 Å². The summed E-state index contributed by atoms with van der Waals surface area (Å²) in [4.78, 5) is 13.8. The van der Waals surface area contributed by atoms with Crippen LogP contribution in [0.5, 0.6) is 0 Å². The molecule has 20 heavy (non-hydrogen) atoms. The van der Waals surface area contributed by atoms with Gasteiger partial charge >= 0.3 is 5.97 Å². The summed E-state index contributed by atoms with van der Waals surface area (Å²) in [6.45, 7) is 4.69. The first-order valence-electron chi connectivity index (χ1n) is 6.78. The third-order valence-electron chi connectivity index (χ3n) is 3.81. The van der Waals surface area contributed by atoms with E-state index in [1.54, 1.807) is 12.1 Å². The van der Waals surface area contributed by atoms with E-state index in [4.69, 9.17) is 4.74 Å². The van der Waals surface area contributed by atoms with E-state index in [1.165, 1.54) is 7.11 Å². The number of methoxy groups -OCH3 is 1. The van der Waals surface area contributed by atoms with Crippen molar-refractivity contribution >= 4 is 21.9 Å². The second-order valence-corrected chi connectivity index (χ2v) is 6.22. The van der Waals surface area contributed by atoms with E-state index < -0.39 is 0 Å². The molecule has 110 valence electrons. The van der Waals surface area contributed by atoms with Crippen LogP contribution in [0.2, 0.25) is 0 Å². The molecule has 0 bridgehead atoms. The Morgan fingerprint density at radius 2 is 2.30 bits per heavy atom. The summed E-state index contributed by atoms with van der Waals surface area (Å²) < 4.78 is 5.62. The summed E-state index contributed by atoms with van der Waals surface area (Å²) in [5.41, 5.74) is 1.69. The fourth-order valence-corrected chi connectivity index (χ4v) is 3.03. The second kappa shape index (κ2) is 6.70. The number of aliphatic hydroxyl groups is 1. The molecule has 1 aliphatic rings. The molecule has 0 spiro atoms. The lowest BCUT2D eigenvalue weighted by Crippen LogP contribution is -2.41. The quantitative estimate of drug-likeness (QED) is 0.858. The Morgan fingerprint density at radius 1 is 1.55 bits per heavy atom. The van der Waals surface area contributed by atoms with Gasteiger partial charge < -0.3 is 9.84 Å². The molecule has 0 saturated carbocycles. The van der Waals surface area contributed by atoms with E-state index in [-0.39, 0.29) is 12.1 Å². The molecule has 2 unspecified atom stereocenters. The number of ether oxygens (including phenoxy) is 1. The molecular weight excluding hydrogens is 322 g/mol. The molecule has 4 nitrogen and oxygen atoms in total. The normalized spacial score (nSPS) is 23.6. The zero-order valence-electron chi connectivity index (χ0n) is 11.8. The minimum absolute atomic E-state index is 0.184. The standard InChI is InChI=1S/C15H20BrNO3/c1-10-8-17(6-5-14(10)18)9-12-4-3-11(7-13(12)16)15(19)20-2/h3-4,7,10,14,18H,5-6,8-9H2,1-2H3. The molecule has 2 atom stereocenters. The van der Waals surface area contributed by atoms with Crippen LogP contribution in [0, 0.1) is 5.92 Å². The van der Waals surface area contributed by atoms with Gasteiger partial charge in [0.1, 0.15) is 0 Å². The van der Waals surface area contributed by atoms with Crippen molar-refractivity contribution in [1.29, 1.82) is 0 Å². The highest BCUT2D eigenvalue weighted by Gasteiger charge is 2.24. The number of hydrogen-bond acceptors (Lipinski definition) is 4. The van der Waals surface area contributed by atoms with Crippen molar-refractivity contribution in [2.75, 3.05) is 20.2 Å². The highest BCUT2D eigenvalue weighted by molar-refractivity contribution is 9.10. The van der Waals surface area contributed by atoms with Gasteiger partial charge in [-0.15, -0.1) is 0 Å². The van der Waals surface area contributed by atoms with Crippen LogP contribution >= 0.6 is 15.9 Å². The van der Waals surface area contributed by atoms with Gasteiger partial charge in [-0.3, -0.25) is 4.90 Å². The summed E-state index contributed by atoms with van der Waals surface area (Å²) in [5, 5.41) is 9.75. The number of esters is 1. The lowest BCUT2D eigenvalue weighted by molar-refractivity contribution is 0.0319. The summed E-state index contributed by atoms with van der Waals surface area (Å²) in [7, 11) is 1.38. The molecule has 0 amide bonds. The average Bonchev–Trinajstić information content (AvgIpc) is 2.44.